The van der Waals surface area contributed by atoms with Crippen molar-refractivity contribution in [3.05, 3.63) is 29.6 Å². The second-order valence-corrected chi connectivity index (χ2v) is 4.56. The molecule has 0 N–H and O–H groups in total. The fourth-order valence-electron chi connectivity index (χ4n) is 1.13. The van der Waals surface area contributed by atoms with E-state index in [4.69, 9.17) is 11.6 Å². The first-order chi connectivity index (χ1) is 7.81. The van der Waals surface area contributed by atoms with Crippen molar-refractivity contribution in [3.8, 4) is 0 Å². The molecule has 7 heteroatoms. The molecule has 1 nitrogen and oxygen atoms in total. The van der Waals surface area contributed by atoms with Crippen LogP contribution in [0.4, 0.5) is 17.6 Å². The van der Waals surface area contributed by atoms with Gasteiger partial charge in [0.25, 0.3) is 0 Å². The molecule has 1 rings (SSSR count). The SMILES string of the molecule is O=C(CCl)Cc1ccc(SC(F)(F)F)cc1F. The Kier molecular flexibility index (Phi) is 4.82. The maximum Gasteiger partial charge on any atom is 0.446 e. The third-order valence-corrected chi connectivity index (χ3v) is 2.81. The van der Waals surface area contributed by atoms with Crippen molar-refractivity contribution in [2.75, 3.05) is 5.88 Å². The van der Waals surface area contributed by atoms with E-state index in [1.54, 1.807) is 0 Å². The smallest absolute Gasteiger partial charge is 0.298 e. The number of halogens is 5. The highest BCUT2D eigenvalue weighted by Crippen LogP contribution is 2.37. The topological polar surface area (TPSA) is 17.1 Å². The molecule has 0 aliphatic carbocycles. The van der Waals surface area contributed by atoms with E-state index in [9.17, 15) is 22.4 Å². The van der Waals surface area contributed by atoms with Crippen LogP contribution < -0.4 is 0 Å². The number of Topliss-reactive ketones (excluding diaryl/α,β-unsaturated/α-hetero) is 1. The van der Waals surface area contributed by atoms with Crippen LogP contribution in [0.15, 0.2) is 23.1 Å². The second-order valence-electron chi connectivity index (χ2n) is 3.15. The van der Waals surface area contributed by atoms with Gasteiger partial charge in [-0.25, -0.2) is 4.39 Å². The molecular weight excluding hydrogens is 280 g/mol. The Bertz CT molecular complexity index is 419. The molecular formula is C10H7ClF4OS. The van der Waals surface area contributed by atoms with Crippen LogP contribution in [0.2, 0.25) is 0 Å². The van der Waals surface area contributed by atoms with Crippen molar-refractivity contribution >= 4 is 29.1 Å². The summed E-state index contributed by atoms with van der Waals surface area (Å²) in [4.78, 5) is 10.7. The number of ketones is 1. The number of carbonyl (C=O) groups is 1. The molecule has 0 atom stereocenters. The Labute approximate surface area is 104 Å². The lowest BCUT2D eigenvalue weighted by atomic mass is 10.1. The van der Waals surface area contributed by atoms with Gasteiger partial charge in [-0.3, -0.25) is 4.79 Å². The Hall–Kier alpha value is -0.750. The van der Waals surface area contributed by atoms with Gasteiger partial charge in [0.15, 0.2) is 5.78 Å². The largest absolute Gasteiger partial charge is 0.446 e. The molecule has 0 amide bonds. The summed E-state index contributed by atoms with van der Waals surface area (Å²) in [6.45, 7) is 0. The number of carbonyl (C=O) groups excluding carboxylic acids is 1. The minimum Gasteiger partial charge on any atom is -0.298 e. The quantitative estimate of drug-likeness (QED) is 0.476. The Morgan fingerprint density at radius 3 is 2.47 bits per heavy atom. The van der Waals surface area contributed by atoms with Crippen LogP contribution >= 0.6 is 23.4 Å². The molecule has 0 aliphatic rings. The molecule has 1 aromatic carbocycles. The monoisotopic (exact) mass is 286 g/mol. The number of hydrogen-bond acceptors (Lipinski definition) is 2. The van der Waals surface area contributed by atoms with Gasteiger partial charge in [-0.05, 0) is 29.5 Å². The Morgan fingerprint density at radius 2 is 2.00 bits per heavy atom. The molecule has 0 aliphatic heterocycles. The Morgan fingerprint density at radius 1 is 1.35 bits per heavy atom. The minimum absolute atomic E-state index is 0.0437. The van der Waals surface area contributed by atoms with Gasteiger partial charge in [-0.15, -0.1) is 11.6 Å². The molecule has 1 aromatic rings. The minimum atomic E-state index is -4.46. The van der Waals surface area contributed by atoms with Crippen LogP contribution in [-0.4, -0.2) is 17.2 Å². The highest BCUT2D eigenvalue weighted by Gasteiger charge is 2.29. The maximum absolute atomic E-state index is 13.3. The molecule has 0 unspecified atom stereocenters. The molecule has 0 heterocycles. The first kappa shape index (κ1) is 14.3. The summed E-state index contributed by atoms with van der Waals surface area (Å²) >= 11 is 4.85. The second kappa shape index (κ2) is 5.73. The van der Waals surface area contributed by atoms with E-state index in [0.29, 0.717) is 0 Å². The van der Waals surface area contributed by atoms with Crippen LogP contribution in [0.5, 0.6) is 0 Å². The predicted molar refractivity (Wildman–Crippen MR) is 57.7 cm³/mol. The van der Waals surface area contributed by atoms with Gasteiger partial charge in [0.05, 0.1) is 5.88 Å². The highest BCUT2D eigenvalue weighted by atomic mass is 35.5. The van der Waals surface area contributed by atoms with E-state index in [-0.39, 0.29) is 28.5 Å². The molecule has 0 saturated carbocycles. The van der Waals surface area contributed by atoms with E-state index >= 15 is 0 Å². The standard InChI is InChI=1S/C10H7ClF4OS/c11-5-7(16)3-6-1-2-8(4-9(6)12)17-10(13,14)15/h1-2,4H,3,5H2. The normalized spacial score (nSPS) is 11.6. The van der Waals surface area contributed by atoms with Crippen molar-refractivity contribution in [2.45, 2.75) is 16.8 Å². The van der Waals surface area contributed by atoms with Crippen molar-refractivity contribution in [3.63, 3.8) is 0 Å². The van der Waals surface area contributed by atoms with Gasteiger partial charge in [0, 0.05) is 11.3 Å². The maximum atomic E-state index is 13.3. The molecule has 0 spiro atoms. The van der Waals surface area contributed by atoms with Crippen LogP contribution in [0, 0.1) is 5.82 Å². The zero-order valence-corrected chi connectivity index (χ0v) is 9.93. The van der Waals surface area contributed by atoms with E-state index in [1.807, 2.05) is 0 Å². The van der Waals surface area contributed by atoms with Gasteiger partial charge >= 0.3 is 5.51 Å². The van der Waals surface area contributed by atoms with E-state index in [0.717, 1.165) is 18.2 Å². The van der Waals surface area contributed by atoms with Gasteiger partial charge in [-0.2, -0.15) is 13.2 Å². The Balaban J connectivity index is 2.83. The fraction of sp³-hybridized carbons (Fsp3) is 0.300. The zero-order valence-electron chi connectivity index (χ0n) is 8.35. The van der Waals surface area contributed by atoms with Crippen LogP contribution in [0.1, 0.15) is 5.56 Å². The van der Waals surface area contributed by atoms with E-state index in [1.165, 1.54) is 0 Å². The number of thioether (sulfide) groups is 1. The summed E-state index contributed by atoms with van der Waals surface area (Å²) in [5.41, 5.74) is -4.41. The van der Waals surface area contributed by atoms with Crippen molar-refractivity contribution < 1.29 is 22.4 Å². The van der Waals surface area contributed by atoms with Crippen molar-refractivity contribution in [2.24, 2.45) is 0 Å². The summed E-state index contributed by atoms with van der Waals surface area (Å²) in [7, 11) is 0. The van der Waals surface area contributed by atoms with Gasteiger partial charge in [0.2, 0.25) is 0 Å². The van der Waals surface area contributed by atoms with Crippen molar-refractivity contribution in [1.29, 1.82) is 0 Å². The molecule has 17 heavy (non-hydrogen) atoms. The molecule has 0 aromatic heterocycles. The number of rotatable bonds is 4. The number of alkyl halides is 4. The van der Waals surface area contributed by atoms with E-state index < -0.39 is 23.1 Å². The zero-order chi connectivity index (χ0) is 13.1. The summed E-state index contributed by atoms with van der Waals surface area (Å²) in [6, 6.07) is 3.04. The summed E-state index contributed by atoms with van der Waals surface area (Å²) in [5, 5.41) is 0. The van der Waals surface area contributed by atoms with E-state index in [2.05, 4.69) is 0 Å². The molecule has 0 fully saturated rings. The van der Waals surface area contributed by atoms with Gasteiger partial charge in [0.1, 0.15) is 5.82 Å². The van der Waals surface area contributed by atoms with Crippen LogP contribution in [-0.2, 0) is 11.2 Å². The first-order valence-corrected chi connectivity index (χ1v) is 5.79. The fourth-order valence-corrected chi connectivity index (χ4v) is 1.79. The van der Waals surface area contributed by atoms with Gasteiger partial charge in [-0.1, -0.05) is 6.07 Å². The number of hydrogen-bond donors (Lipinski definition) is 0. The third-order valence-electron chi connectivity index (χ3n) is 1.79. The summed E-state index contributed by atoms with van der Waals surface area (Å²) < 4.78 is 49.4. The lowest BCUT2D eigenvalue weighted by Crippen LogP contribution is -2.06. The third kappa shape index (κ3) is 4.95. The number of benzene rings is 1. The average molecular weight is 287 g/mol. The van der Waals surface area contributed by atoms with Crippen LogP contribution in [0.25, 0.3) is 0 Å². The lowest BCUT2D eigenvalue weighted by molar-refractivity contribution is -0.116. The van der Waals surface area contributed by atoms with Crippen molar-refractivity contribution in [1.82, 2.24) is 0 Å². The molecule has 0 radical (unpaired) electrons. The van der Waals surface area contributed by atoms with Gasteiger partial charge < -0.3 is 0 Å². The first-order valence-electron chi connectivity index (χ1n) is 4.43. The highest BCUT2D eigenvalue weighted by molar-refractivity contribution is 8.00. The molecule has 0 saturated heterocycles. The molecule has 0 bridgehead atoms. The average Bonchev–Trinajstić information content (AvgIpc) is 2.19. The summed E-state index contributed by atoms with van der Waals surface area (Å²) in [5.74, 6) is -1.47. The summed E-state index contributed by atoms with van der Waals surface area (Å²) in [6.07, 6.45) is -0.216. The molecule has 94 valence electrons. The lowest BCUT2D eigenvalue weighted by Gasteiger charge is -2.07. The van der Waals surface area contributed by atoms with Crippen LogP contribution in [0.3, 0.4) is 0 Å². The predicted octanol–water partition coefficient (Wildman–Crippen LogP) is 3.79.